The number of aromatic nitrogens is 1. The number of hydrogen-bond donors (Lipinski definition) is 2. The van der Waals surface area contributed by atoms with Gasteiger partial charge < -0.3 is 14.6 Å². The molecular formula is C47H47ClN3O10ReS4. The van der Waals surface area contributed by atoms with Crippen LogP contribution in [0.15, 0.2) is 101 Å². The van der Waals surface area contributed by atoms with Gasteiger partial charge in [0.15, 0.2) is 11.5 Å². The largest absolute Gasteiger partial charge is 0.489 e. The summed E-state index contributed by atoms with van der Waals surface area (Å²) in [6, 6.07) is 26.6. The molecule has 0 radical (unpaired) electrons. The van der Waals surface area contributed by atoms with Crippen LogP contribution in [0.25, 0.3) is 12.2 Å². The molecular weight excluding hydrogens is 1120 g/mol. The van der Waals surface area contributed by atoms with Crippen LogP contribution in [-0.2, 0) is 51.4 Å². The van der Waals surface area contributed by atoms with E-state index in [0.29, 0.717) is 56.7 Å². The van der Waals surface area contributed by atoms with E-state index in [4.69, 9.17) is 53.6 Å². The molecule has 2 aliphatic heterocycles. The number of rotatable bonds is 19. The minimum atomic E-state index is -1.12. The number of thiocarbonyl (C=S) groups is 2. The van der Waals surface area contributed by atoms with Gasteiger partial charge in [-0.05, 0) is 41.5 Å². The van der Waals surface area contributed by atoms with E-state index in [1.54, 1.807) is 30.5 Å². The van der Waals surface area contributed by atoms with Crippen LogP contribution in [0.3, 0.4) is 0 Å². The van der Waals surface area contributed by atoms with Crippen LogP contribution in [0, 0.1) is 5.92 Å². The zero-order chi connectivity index (χ0) is 46.1. The summed E-state index contributed by atoms with van der Waals surface area (Å²) in [6.07, 6.45) is 13.5. The molecule has 13 nitrogen and oxygen atoms in total. The van der Waals surface area contributed by atoms with E-state index in [-0.39, 0.29) is 33.6 Å². The number of carboxylic acids is 2. The van der Waals surface area contributed by atoms with Crippen LogP contribution < -0.4 is 18.9 Å². The van der Waals surface area contributed by atoms with Gasteiger partial charge in [-0.15, -0.1) is 12.4 Å². The number of carbonyl (C=O) groups excluding carboxylic acids is 2. The number of halogens is 1. The Bertz CT molecular complexity index is 2420. The van der Waals surface area contributed by atoms with Gasteiger partial charge in [-0.3, -0.25) is 19.5 Å². The molecule has 3 aliphatic rings. The molecule has 348 valence electrons. The molecule has 66 heavy (non-hydrogen) atoms. The van der Waals surface area contributed by atoms with Gasteiger partial charge in [0.2, 0.25) is 0 Å². The molecule has 4 aromatic rings. The average Bonchev–Trinajstić information content (AvgIpc) is 3.71. The Balaban J connectivity index is 0.000000247. The molecule has 0 bridgehead atoms. The Morgan fingerprint density at radius 3 is 1.79 bits per heavy atom. The van der Waals surface area contributed by atoms with Crippen LogP contribution in [0.2, 0.25) is 0 Å². The number of carboxylic acid groups (broad SMARTS) is 2. The molecule has 1 aromatic heterocycles. The molecule has 7 rings (SSSR count). The summed E-state index contributed by atoms with van der Waals surface area (Å²) in [5.41, 5.74) is 3.42. The first-order chi connectivity index (χ1) is 31.5. The average molecular weight is 1160 g/mol. The Kier molecular flexibility index (Phi) is 21.0. The van der Waals surface area contributed by atoms with Gasteiger partial charge >= 0.3 is 203 Å². The number of pyridine rings is 1. The van der Waals surface area contributed by atoms with Crippen molar-refractivity contribution < 1.29 is 67.5 Å². The number of thioether (sulfide) groups is 2. The summed E-state index contributed by atoms with van der Waals surface area (Å²) in [4.78, 5) is 54.3. The second kappa shape index (κ2) is 26.5. The molecule has 0 spiro atoms. The maximum Gasteiger partial charge on any atom is 0.323 e. The monoisotopic (exact) mass is 1160 g/mol. The van der Waals surface area contributed by atoms with Crippen LogP contribution in [0.1, 0.15) is 60.9 Å². The van der Waals surface area contributed by atoms with Gasteiger partial charge in [-0.1, -0.05) is 66.4 Å². The normalized spacial score (nSPS) is 16.2. The fraction of sp³-hybridized carbons (Fsp3) is 0.298. The number of hydrogen-bond acceptors (Lipinski definition) is 13. The molecule has 2 saturated heterocycles. The van der Waals surface area contributed by atoms with Gasteiger partial charge in [-0.25, -0.2) is 0 Å². The van der Waals surface area contributed by atoms with E-state index in [1.807, 2.05) is 72.8 Å². The van der Waals surface area contributed by atoms with Crippen molar-refractivity contribution in [1.82, 2.24) is 14.8 Å². The summed E-state index contributed by atoms with van der Waals surface area (Å²) in [5, 5.41) is 18.5. The van der Waals surface area contributed by atoms with Gasteiger partial charge in [0.25, 0.3) is 5.91 Å². The first-order valence-electron chi connectivity index (χ1n) is 20.7. The maximum atomic E-state index is 12.6. The van der Waals surface area contributed by atoms with Gasteiger partial charge in [0.05, 0.1) is 17.2 Å². The summed E-state index contributed by atoms with van der Waals surface area (Å²) in [7, 11) is 0. The summed E-state index contributed by atoms with van der Waals surface area (Å²) in [6.45, 7) is 0.496. The Labute approximate surface area is 419 Å². The molecule has 1 aliphatic carbocycles. The van der Waals surface area contributed by atoms with E-state index < -0.39 is 30.9 Å². The van der Waals surface area contributed by atoms with Crippen molar-refractivity contribution in [3.63, 3.8) is 0 Å². The van der Waals surface area contributed by atoms with E-state index >= 15 is 0 Å². The number of ether oxygens (including phenoxy) is 4. The molecule has 3 aromatic carbocycles. The molecule has 3 fully saturated rings. The number of benzene rings is 3. The van der Waals surface area contributed by atoms with Gasteiger partial charge in [-0.2, -0.15) is 0 Å². The third kappa shape index (κ3) is 15.6. The van der Waals surface area contributed by atoms with E-state index in [9.17, 15) is 19.2 Å². The van der Waals surface area contributed by atoms with Crippen LogP contribution in [0.4, 0.5) is 0 Å². The zero-order valence-corrected chi connectivity index (χ0v) is 42.3. The van der Waals surface area contributed by atoms with Crippen LogP contribution >= 0.6 is 60.4 Å². The Hall–Kier alpha value is -4.80. The van der Waals surface area contributed by atoms with Crippen molar-refractivity contribution in [2.24, 2.45) is 5.92 Å². The minimum Gasteiger partial charge on any atom is -0.489 e. The number of carbonyl (C=O) groups is 4. The summed E-state index contributed by atoms with van der Waals surface area (Å²) < 4.78 is 24.3. The predicted octanol–water partition coefficient (Wildman–Crippen LogP) is 9.19. The fourth-order valence-electron chi connectivity index (χ4n) is 6.97. The zero-order valence-electron chi connectivity index (χ0n) is 35.5. The van der Waals surface area contributed by atoms with E-state index in [2.05, 4.69) is 4.98 Å². The first kappa shape index (κ1) is 52.2. The third-order valence-corrected chi connectivity index (χ3v) is 13.3. The van der Waals surface area contributed by atoms with Crippen molar-refractivity contribution in [3.8, 4) is 23.0 Å². The molecule has 2 N–H and O–H groups in total. The maximum absolute atomic E-state index is 12.6. The molecule has 2 amide bonds. The number of aliphatic carboxylic acids is 2. The molecule has 0 atom stereocenters. The fourth-order valence-corrected chi connectivity index (χ4v) is 9.90. The van der Waals surface area contributed by atoms with Crippen molar-refractivity contribution >= 4 is 105 Å². The predicted molar refractivity (Wildman–Crippen MR) is 262 cm³/mol. The van der Waals surface area contributed by atoms with Crippen molar-refractivity contribution in [2.75, 3.05) is 31.4 Å². The van der Waals surface area contributed by atoms with Crippen LogP contribution in [-0.4, -0.2) is 88.8 Å². The second-order valence-corrected chi connectivity index (χ2v) is 19.0. The smallest absolute Gasteiger partial charge is 0.323 e. The van der Waals surface area contributed by atoms with E-state index in [0.717, 1.165) is 63.3 Å². The third-order valence-electron chi connectivity index (χ3n) is 10.2. The van der Waals surface area contributed by atoms with E-state index in [1.165, 1.54) is 56.9 Å². The van der Waals surface area contributed by atoms with Crippen molar-refractivity contribution in [1.29, 1.82) is 0 Å². The summed E-state index contributed by atoms with van der Waals surface area (Å²) >= 11 is 14.0. The quantitative estimate of drug-likeness (QED) is 0.0674. The SMILES string of the molecule is Cl.O=C(O)CN1C(=O)C(=Cc2ccc(OCCC3CCCCC3)c(O[CH2][Re])c2)SC1=S.O=C(O)CN1C(=O)C(=Cc2ccc(OCCc3ccccc3)c(OCc3ccccn3)c2)SC1=S. The van der Waals surface area contributed by atoms with Gasteiger partial charge in [0.1, 0.15) is 17.5 Å². The molecule has 19 heteroatoms. The van der Waals surface area contributed by atoms with Gasteiger partial charge in [0, 0.05) is 12.6 Å². The molecule has 1 saturated carbocycles. The number of amides is 2. The molecule has 0 unspecified atom stereocenters. The Morgan fingerprint density at radius 1 is 0.712 bits per heavy atom. The minimum absolute atomic E-state index is 0. The molecule has 3 heterocycles. The second-order valence-electron chi connectivity index (χ2n) is 14.8. The number of nitrogens with zero attached hydrogens (tertiary/aromatic N) is 3. The van der Waals surface area contributed by atoms with Crippen molar-refractivity contribution in [2.45, 2.75) is 51.6 Å². The summed E-state index contributed by atoms with van der Waals surface area (Å²) in [5.74, 6) is 0.166. The first-order valence-corrected chi connectivity index (χ1v) is 25.1. The Morgan fingerprint density at radius 2 is 1.26 bits per heavy atom. The van der Waals surface area contributed by atoms with Crippen LogP contribution in [0.5, 0.6) is 23.0 Å². The standard InChI is InChI=1S/C26H22N2O5S2.C21H24NO5S2.ClH.Re/c29-24(30)16-28-25(31)23(35-26(28)34)15-19-9-10-21(32-13-11-18-6-2-1-3-7-18)22(14-19)33-17-20-8-4-5-12-27-20;1-26-17-11-15(12-18-20(25)22(13-19(23)24)21(28)29-18)7-8-16(17)27-10-9-14-5-3-2-4-6-14;;/h1-10,12,14-15H,11,13,16-17H2,(H,29,30);7-8,11-12,14H,1-6,9-10,13H2,(H,23,24);1H;. The topological polar surface area (TPSA) is 165 Å². The van der Waals surface area contributed by atoms with Crippen molar-refractivity contribution in [3.05, 3.63) is 123 Å².